The van der Waals surface area contributed by atoms with Crippen LogP contribution in [0.1, 0.15) is 6.42 Å². The van der Waals surface area contributed by atoms with Gasteiger partial charge in [0.2, 0.25) is 0 Å². The van der Waals surface area contributed by atoms with Gasteiger partial charge in [-0.1, -0.05) is 0 Å². The molecule has 1 atom stereocenters. The van der Waals surface area contributed by atoms with E-state index in [0.717, 1.165) is 19.5 Å². The molecular formula is C7H13N2O2-. The molecule has 1 unspecified atom stereocenters. The van der Waals surface area contributed by atoms with Gasteiger partial charge in [0.25, 0.3) is 0 Å². The van der Waals surface area contributed by atoms with Crippen molar-refractivity contribution < 1.29 is 9.84 Å². The van der Waals surface area contributed by atoms with Crippen molar-refractivity contribution in [2.75, 3.05) is 27.2 Å². The van der Waals surface area contributed by atoms with Crippen LogP contribution in [-0.2, 0) is 4.74 Å². The summed E-state index contributed by atoms with van der Waals surface area (Å²) >= 11 is 0. The van der Waals surface area contributed by atoms with Crippen LogP contribution in [0.25, 0.3) is 0 Å². The van der Waals surface area contributed by atoms with E-state index in [1.54, 1.807) is 0 Å². The first kappa shape index (κ1) is 8.33. The Labute approximate surface area is 66.5 Å². The monoisotopic (exact) mass is 157 g/mol. The minimum absolute atomic E-state index is 0.146. The molecule has 1 aliphatic heterocycles. The van der Waals surface area contributed by atoms with Gasteiger partial charge in [0.15, 0.2) is 0 Å². The van der Waals surface area contributed by atoms with E-state index < -0.39 is 6.08 Å². The van der Waals surface area contributed by atoms with Crippen molar-refractivity contribution in [1.29, 1.82) is 0 Å². The molecule has 64 valence electrons. The predicted molar refractivity (Wildman–Crippen MR) is 40.3 cm³/mol. The summed E-state index contributed by atoms with van der Waals surface area (Å²) in [6.07, 6.45) is 0.510. The van der Waals surface area contributed by atoms with E-state index in [-0.39, 0.29) is 6.04 Å². The van der Waals surface area contributed by atoms with Gasteiger partial charge in [0.05, 0.1) is 6.04 Å². The zero-order valence-corrected chi connectivity index (χ0v) is 6.91. The van der Waals surface area contributed by atoms with Gasteiger partial charge in [-0.2, -0.15) is 0 Å². The number of hydrogen-bond donors (Lipinski definition) is 0. The first-order valence-electron chi connectivity index (χ1n) is 3.69. The molecule has 1 fully saturated rings. The summed E-state index contributed by atoms with van der Waals surface area (Å²) in [7, 11) is 3.37. The molecule has 0 aromatic carbocycles. The Balaban J connectivity index is 2.38. The second-order valence-corrected chi connectivity index (χ2v) is 2.80. The zero-order valence-electron chi connectivity index (χ0n) is 6.91. The normalized spacial score (nSPS) is 27.5. The molecule has 0 amide bonds. The SMILES string of the molecule is COC([O-])=NC1CCN(C)C1. The number of nitrogens with zero attached hydrogens (tertiary/aromatic N) is 2. The molecule has 1 aliphatic rings. The Bertz CT molecular complexity index is 159. The average Bonchev–Trinajstić information content (AvgIpc) is 2.35. The number of ether oxygens (including phenoxy) is 1. The summed E-state index contributed by atoms with van der Waals surface area (Å²) in [4.78, 5) is 5.99. The Kier molecular flexibility index (Phi) is 2.70. The molecule has 1 saturated heterocycles. The van der Waals surface area contributed by atoms with Crippen LogP contribution in [0, 0.1) is 0 Å². The van der Waals surface area contributed by atoms with Gasteiger partial charge in [-0.05, 0) is 27.1 Å². The summed E-state index contributed by atoms with van der Waals surface area (Å²) < 4.78 is 4.42. The number of methoxy groups -OCH3 is 1. The predicted octanol–water partition coefficient (Wildman–Crippen LogP) is -0.947. The van der Waals surface area contributed by atoms with Crippen molar-refractivity contribution in [2.24, 2.45) is 4.99 Å². The lowest BCUT2D eigenvalue weighted by atomic mass is 10.3. The maximum absolute atomic E-state index is 10.7. The van der Waals surface area contributed by atoms with Crippen LogP contribution in [0.3, 0.4) is 0 Å². The maximum Gasteiger partial charge on any atom is 0.145 e. The fourth-order valence-electron chi connectivity index (χ4n) is 1.22. The number of hydrogen-bond acceptors (Lipinski definition) is 4. The van der Waals surface area contributed by atoms with E-state index >= 15 is 0 Å². The minimum atomic E-state index is -0.453. The van der Waals surface area contributed by atoms with Gasteiger partial charge in [-0.15, -0.1) is 0 Å². The largest absolute Gasteiger partial charge is 0.604 e. The smallest absolute Gasteiger partial charge is 0.145 e. The highest BCUT2D eigenvalue weighted by Crippen LogP contribution is 2.09. The fourth-order valence-corrected chi connectivity index (χ4v) is 1.22. The third-order valence-electron chi connectivity index (χ3n) is 1.83. The van der Waals surface area contributed by atoms with Crippen LogP contribution in [0.4, 0.5) is 0 Å². The summed E-state index contributed by atoms with van der Waals surface area (Å²) in [5, 5.41) is 10.7. The molecule has 0 bridgehead atoms. The quantitative estimate of drug-likeness (QED) is 0.364. The molecule has 0 aliphatic carbocycles. The van der Waals surface area contributed by atoms with E-state index in [0.29, 0.717) is 0 Å². The molecule has 0 spiro atoms. The van der Waals surface area contributed by atoms with Crippen molar-refractivity contribution >= 4 is 6.08 Å². The lowest BCUT2D eigenvalue weighted by Gasteiger charge is -2.10. The van der Waals surface area contributed by atoms with Gasteiger partial charge >= 0.3 is 0 Å². The van der Waals surface area contributed by atoms with E-state index in [1.165, 1.54) is 7.11 Å². The van der Waals surface area contributed by atoms with Crippen molar-refractivity contribution in [1.82, 2.24) is 4.90 Å². The molecular weight excluding hydrogens is 144 g/mol. The van der Waals surface area contributed by atoms with E-state index in [9.17, 15) is 5.11 Å². The molecule has 0 radical (unpaired) electrons. The van der Waals surface area contributed by atoms with Gasteiger partial charge in [-0.3, -0.25) is 4.99 Å². The summed E-state index contributed by atoms with van der Waals surface area (Å²) in [6.45, 7) is 1.89. The van der Waals surface area contributed by atoms with Crippen molar-refractivity contribution in [3.8, 4) is 0 Å². The summed E-state index contributed by atoms with van der Waals surface area (Å²) in [6, 6.07) is 0.146. The Morgan fingerprint density at radius 1 is 1.73 bits per heavy atom. The van der Waals surface area contributed by atoms with Gasteiger partial charge < -0.3 is 14.7 Å². The minimum Gasteiger partial charge on any atom is -0.604 e. The van der Waals surface area contributed by atoms with E-state index in [1.807, 2.05) is 7.05 Å². The lowest BCUT2D eigenvalue weighted by Crippen LogP contribution is -2.24. The van der Waals surface area contributed by atoms with Crippen molar-refractivity contribution in [2.45, 2.75) is 12.5 Å². The number of rotatable bonds is 1. The number of aliphatic imine (C=N–C) groups is 1. The van der Waals surface area contributed by atoms with E-state index in [2.05, 4.69) is 14.6 Å². The second-order valence-electron chi connectivity index (χ2n) is 2.80. The van der Waals surface area contributed by atoms with E-state index in [4.69, 9.17) is 0 Å². The standard InChI is InChI=1S/C7H14N2O2/c1-9-4-3-6(5-9)8-7(10)11-2/h6H,3-5H2,1-2H3,(H,8,10)/p-1. The highest BCUT2D eigenvalue weighted by Gasteiger charge is 2.17. The van der Waals surface area contributed by atoms with Crippen LogP contribution in [0.2, 0.25) is 0 Å². The third-order valence-corrected chi connectivity index (χ3v) is 1.83. The fraction of sp³-hybridized carbons (Fsp3) is 0.857. The van der Waals surface area contributed by atoms with Crippen LogP contribution >= 0.6 is 0 Å². The lowest BCUT2D eigenvalue weighted by molar-refractivity contribution is -0.248. The molecule has 11 heavy (non-hydrogen) atoms. The Hall–Kier alpha value is -0.770. The van der Waals surface area contributed by atoms with Gasteiger partial charge in [0.1, 0.15) is 6.08 Å². The molecule has 1 heterocycles. The highest BCUT2D eigenvalue weighted by molar-refractivity contribution is 5.61. The first-order valence-corrected chi connectivity index (χ1v) is 3.69. The van der Waals surface area contributed by atoms with Crippen LogP contribution < -0.4 is 5.11 Å². The van der Waals surface area contributed by atoms with Crippen LogP contribution in [0.15, 0.2) is 4.99 Å². The van der Waals surface area contributed by atoms with Gasteiger partial charge in [0, 0.05) is 6.54 Å². The summed E-state index contributed by atoms with van der Waals surface area (Å²) in [5.41, 5.74) is 0. The molecule has 0 N–H and O–H groups in total. The van der Waals surface area contributed by atoms with Crippen LogP contribution in [-0.4, -0.2) is 44.3 Å². The maximum atomic E-state index is 10.7. The number of likely N-dealkylation sites (N-methyl/N-ethyl adjacent to an activating group) is 1. The number of likely N-dealkylation sites (tertiary alicyclic amines) is 1. The topological polar surface area (TPSA) is 47.9 Å². The van der Waals surface area contributed by atoms with Crippen molar-refractivity contribution in [3.05, 3.63) is 0 Å². The zero-order chi connectivity index (χ0) is 8.27. The average molecular weight is 157 g/mol. The molecule has 4 heteroatoms. The molecule has 4 nitrogen and oxygen atoms in total. The Morgan fingerprint density at radius 3 is 2.91 bits per heavy atom. The first-order chi connectivity index (χ1) is 5.22. The van der Waals surface area contributed by atoms with Crippen molar-refractivity contribution in [3.63, 3.8) is 0 Å². The second kappa shape index (κ2) is 3.57. The molecule has 0 aromatic heterocycles. The Morgan fingerprint density at radius 2 is 2.45 bits per heavy atom. The van der Waals surface area contributed by atoms with Crippen LogP contribution in [0.5, 0.6) is 0 Å². The molecule has 0 aromatic rings. The van der Waals surface area contributed by atoms with Gasteiger partial charge in [-0.25, -0.2) is 0 Å². The molecule has 1 rings (SSSR count). The summed E-state index contributed by atoms with van der Waals surface area (Å²) in [5.74, 6) is 0. The highest BCUT2D eigenvalue weighted by atomic mass is 16.6. The third kappa shape index (κ3) is 2.38. The molecule has 0 saturated carbocycles.